The van der Waals surface area contributed by atoms with Gasteiger partial charge < -0.3 is 29.9 Å². The maximum atomic E-state index is 14.1. The number of likely N-dealkylation sites (N-methyl/N-ethyl adjacent to an activating group) is 1. The lowest BCUT2D eigenvalue weighted by atomic mass is 9.91. The van der Waals surface area contributed by atoms with Crippen LogP contribution >= 0.6 is 0 Å². The van der Waals surface area contributed by atoms with Gasteiger partial charge in [0.25, 0.3) is 5.91 Å². The Morgan fingerprint density at radius 3 is 2.50 bits per heavy atom. The number of methoxy groups -OCH3 is 1. The van der Waals surface area contributed by atoms with Crippen molar-refractivity contribution < 1.29 is 23.0 Å². The van der Waals surface area contributed by atoms with E-state index in [9.17, 15) is 13.6 Å². The molecule has 9 nitrogen and oxygen atoms in total. The largest absolute Gasteiger partial charge is 0.384 e. The lowest BCUT2D eigenvalue weighted by molar-refractivity contribution is 0.0904. The van der Waals surface area contributed by atoms with Gasteiger partial charge in [0.05, 0.1) is 17.7 Å². The molecule has 1 aromatic heterocycles. The normalized spacial score (nSPS) is 17.1. The molecule has 44 heavy (non-hydrogen) atoms. The highest BCUT2D eigenvalue weighted by molar-refractivity contribution is 6.11. The molecular weight excluding hydrogens is 566 g/mol. The molecule has 2 aliphatic heterocycles. The third-order valence-corrected chi connectivity index (χ3v) is 8.54. The minimum Gasteiger partial charge on any atom is -0.384 e. The Hall–Kier alpha value is -4.06. The first-order valence-electron chi connectivity index (χ1n) is 15.0. The number of fused-ring (bicyclic) bond motifs is 1. The van der Waals surface area contributed by atoms with Crippen molar-refractivity contribution in [3.63, 3.8) is 0 Å². The zero-order chi connectivity index (χ0) is 30.6. The number of ether oxygens (including phenoxy) is 2. The average Bonchev–Trinajstić information content (AvgIpc) is 3.42. The van der Waals surface area contributed by atoms with Crippen molar-refractivity contribution >= 4 is 34.0 Å². The van der Waals surface area contributed by atoms with Gasteiger partial charge in [0.1, 0.15) is 11.6 Å². The standard InChI is InChI=1S/C33H38F2N6O3/c1-40-9-11-41(12-10-40)26-4-5-27(31(19-26)36-25-7-13-44-14-8-25)33(42)37-32-28-17-21(3-6-30(28)38-39-32)29(20-43-2)22-15-23(34)18-24(35)16-22/h3-6,15-19,25,29,36H,7-14,20H2,1-2H3,(H2,37,38,39,42). The van der Waals surface area contributed by atoms with E-state index < -0.39 is 17.6 Å². The highest BCUT2D eigenvalue weighted by atomic mass is 19.1. The van der Waals surface area contributed by atoms with Crippen molar-refractivity contribution in [3.8, 4) is 0 Å². The van der Waals surface area contributed by atoms with E-state index in [0.29, 0.717) is 35.5 Å². The summed E-state index contributed by atoms with van der Waals surface area (Å²) in [6.07, 6.45) is 1.73. The van der Waals surface area contributed by atoms with Gasteiger partial charge in [0.2, 0.25) is 0 Å². The molecule has 1 amide bonds. The molecule has 0 bridgehead atoms. The number of halogens is 2. The molecule has 4 aromatic rings. The Kier molecular flexibility index (Phi) is 9.06. The van der Waals surface area contributed by atoms with Gasteiger partial charge >= 0.3 is 0 Å². The predicted molar refractivity (Wildman–Crippen MR) is 168 cm³/mol. The van der Waals surface area contributed by atoms with Crippen LogP contribution in [0.2, 0.25) is 0 Å². The smallest absolute Gasteiger partial charge is 0.258 e. The van der Waals surface area contributed by atoms with Crippen LogP contribution in [0.1, 0.15) is 40.2 Å². The molecule has 0 saturated carbocycles. The number of rotatable bonds is 9. The quantitative estimate of drug-likeness (QED) is 0.241. The van der Waals surface area contributed by atoms with E-state index in [0.717, 1.165) is 67.5 Å². The van der Waals surface area contributed by atoms with Crippen molar-refractivity contribution in [2.24, 2.45) is 0 Å². The fourth-order valence-corrected chi connectivity index (χ4v) is 6.02. The Bertz CT molecular complexity index is 1590. The summed E-state index contributed by atoms with van der Waals surface area (Å²) in [5.41, 5.74) is 4.34. The van der Waals surface area contributed by atoms with Crippen molar-refractivity contribution in [2.45, 2.75) is 24.8 Å². The lowest BCUT2D eigenvalue weighted by Crippen LogP contribution is -2.44. The number of nitrogens with one attached hydrogen (secondary N) is 3. The highest BCUT2D eigenvalue weighted by Crippen LogP contribution is 2.32. The van der Waals surface area contributed by atoms with E-state index >= 15 is 0 Å². The summed E-state index contributed by atoms with van der Waals surface area (Å²) < 4.78 is 39.1. The van der Waals surface area contributed by atoms with Crippen LogP contribution in [0.5, 0.6) is 0 Å². The van der Waals surface area contributed by atoms with E-state index in [1.165, 1.54) is 12.1 Å². The second-order valence-corrected chi connectivity index (χ2v) is 11.6. The van der Waals surface area contributed by atoms with Crippen LogP contribution in [-0.4, -0.2) is 87.2 Å². The van der Waals surface area contributed by atoms with Crippen LogP contribution in [0.3, 0.4) is 0 Å². The summed E-state index contributed by atoms with van der Waals surface area (Å²) in [5, 5.41) is 14.7. The topological polar surface area (TPSA) is 94.7 Å². The van der Waals surface area contributed by atoms with Gasteiger partial charge in [-0.15, -0.1) is 0 Å². The Morgan fingerprint density at radius 1 is 1.02 bits per heavy atom. The number of nitrogens with zero attached hydrogens (tertiary/aromatic N) is 3. The van der Waals surface area contributed by atoms with Gasteiger partial charge in [-0.05, 0) is 73.5 Å². The van der Waals surface area contributed by atoms with Crippen LogP contribution in [-0.2, 0) is 9.47 Å². The monoisotopic (exact) mass is 604 g/mol. The number of hydrogen-bond acceptors (Lipinski definition) is 7. The summed E-state index contributed by atoms with van der Waals surface area (Å²) >= 11 is 0. The molecule has 232 valence electrons. The van der Waals surface area contributed by atoms with E-state index in [1.54, 1.807) is 7.11 Å². The number of aromatic amines is 1. The molecule has 2 saturated heterocycles. The molecule has 11 heteroatoms. The number of hydrogen-bond donors (Lipinski definition) is 3. The molecule has 1 unspecified atom stereocenters. The zero-order valence-electron chi connectivity index (χ0n) is 25.0. The Labute approximate surface area is 255 Å². The predicted octanol–water partition coefficient (Wildman–Crippen LogP) is 5.21. The Balaban J connectivity index is 1.29. The maximum Gasteiger partial charge on any atom is 0.258 e. The lowest BCUT2D eigenvalue weighted by Gasteiger charge is -2.34. The van der Waals surface area contributed by atoms with Crippen molar-refractivity contribution in [3.05, 3.63) is 82.9 Å². The number of benzene rings is 3. The molecule has 6 rings (SSSR count). The molecule has 0 radical (unpaired) electrons. The summed E-state index contributed by atoms with van der Waals surface area (Å²) in [5.74, 6) is -1.65. The first kappa shape index (κ1) is 30.0. The molecule has 3 aromatic carbocycles. The number of amides is 1. The number of H-pyrrole nitrogens is 1. The molecular formula is C33H38F2N6O3. The Morgan fingerprint density at radius 2 is 1.77 bits per heavy atom. The van der Waals surface area contributed by atoms with Crippen LogP contribution in [0.4, 0.5) is 26.0 Å². The van der Waals surface area contributed by atoms with Gasteiger partial charge in [0, 0.05) is 81.3 Å². The number of aromatic nitrogens is 2. The maximum absolute atomic E-state index is 14.1. The summed E-state index contributed by atoms with van der Waals surface area (Å²) in [7, 11) is 3.68. The van der Waals surface area contributed by atoms with E-state index in [-0.39, 0.29) is 18.6 Å². The number of carbonyl (C=O) groups is 1. The van der Waals surface area contributed by atoms with E-state index in [2.05, 4.69) is 43.7 Å². The zero-order valence-corrected chi connectivity index (χ0v) is 25.0. The van der Waals surface area contributed by atoms with Gasteiger partial charge in [0.15, 0.2) is 5.82 Å². The molecule has 2 aliphatic rings. The third-order valence-electron chi connectivity index (χ3n) is 8.54. The minimum atomic E-state index is -0.651. The number of piperazine rings is 1. The van der Waals surface area contributed by atoms with Crippen LogP contribution in [0.25, 0.3) is 10.9 Å². The fourth-order valence-electron chi connectivity index (χ4n) is 6.02. The van der Waals surface area contributed by atoms with Crippen molar-refractivity contribution in [1.29, 1.82) is 0 Å². The van der Waals surface area contributed by atoms with Crippen LogP contribution in [0, 0.1) is 11.6 Å². The van der Waals surface area contributed by atoms with E-state index in [1.807, 2.05) is 30.3 Å². The van der Waals surface area contributed by atoms with E-state index in [4.69, 9.17) is 9.47 Å². The third kappa shape index (κ3) is 6.69. The molecule has 1 atom stereocenters. The molecule has 3 heterocycles. The van der Waals surface area contributed by atoms with Crippen LogP contribution < -0.4 is 15.5 Å². The van der Waals surface area contributed by atoms with Gasteiger partial charge in [-0.3, -0.25) is 9.89 Å². The second kappa shape index (κ2) is 13.3. The highest BCUT2D eigenvalue weighted by Gasteiger charge is 2.23. The SMILES string of the molecule is COCC(c1cc(F)cc(F)c1)c1ccc2[nH]nc(NC(=O)c3ccc(N4CCN(C)CC4)cc3NC3CCOCC3)c2c1. The van der Waals surface area contributed by atoms with Crippen molar-refractivity contribution in [1.82, 2.24) is 15.1 Å². The fraction of sp³-hybridized carbons (Fsp3) is 0.394. The average molecular weight is 605 g/mol. The van der Waals surface area contributed by atoms with Gasteiger partial charge in [-0.1, -0.05) is 6.07 Å². The summed E-state index contributed by atoms with van der Waals surface area (Å²) in [6, 6.07) is 15.2. The second-order valence-electron chi connectivity index (χ2n) is 11.6. The van der Waals surface area contributed by atoms with Gasteiger partial charge in [-0.2, -0.15) is 5.10 Å². The first-order valence-corrected chi connectivity index (χ1v) is 15.0. The summed E-state index contributed by atoms with van der Waals surface area (Å²) in [4.78, 5) is 18.5. The van der Waals surface area contributed by atoms with Crippen molar-refractivity contribution in [2.75, 3.05) is 75.7 Å². The number of carbonyl (C=O) groups excluding carboxylic acids is 1. The van der Waals surface area contributed by atoms with Gasteiger partial charge in [-0.25, -0.2) is 8.78 Å². The van der Waals surface area contributed by atoms with Crippen LogP contribution in [0.15, 0.2) is 54.6 Å². The minimum absolute atomic E-state index is 0.206. The molecule has 0 spiro atoms. The molecule has 3 N–H and O–H groups in total. The summed E-state index contributed by atoms with van der Waals surface area (Å²) in [6.45, 7) is 5.40. The molecule has 0 aliphatic carbocycles. The first-order chi connectivity index (χ1) is 21.4. The number of anilines is 3. The molecule has 2 fully saturated rings.